The minimum atomic E-state index is -1.62. The number of likely N-dealkylation sites (N-methyl/N-ethyl adjacent to an activating group) is 1. The zero-order valence-corrected chi connectivity index (χ0v) is 9.64. The summed E-state index contributed by atoms with van der Waals surface area (Å²) in [5.41, 5.74) is 0. The molecule has 2 N–H and O–H groups in total. The molecule has 0 aliphatic rings. The number of ether oxygens (including phenoxy) is 1. The van der Waals surface area contributed by atoms with Crippen LogP contribution in [0.1, 0.15) is 6.92 Å². The molecule has 0 amide bonds. The summed E-state index contributed by atoms with van der Waals surface area (Å²) in [6.45, 7) is 2.05. The number of hydrogen-bond acceptors (Lipinski definition) is 3. The zero-order valence-electron chi connectivity index (χ0n) is 9.64. The van der Waals surface area contributed by atoms with Crippen molar-refractivity contribution in [1.82, 2.24) is 5.32 Å². The van der Waals surface area contributed by atoms with E-state index < -0.39 is 41.7 Å². The molecule has 102 valence electrons. The van der Waals surface area contributed by atoms with Gasteiger partial charge in [0.05, 0.1) is 0 Å². The molecule has 0 aliphatic carbocycles. The van der Waals surface area contributed by atoms with Crippen molar-refractivity contribution in [2.24, 2.45) is 0 Å². The predicted octanol–water partition coefficient (Wildman–Crippen LogP) is 1.59. The fourth-order valence-electron chi connectivity index (χ4n) is 1.23. The Kier molecular flexibility index (Phi) is 5.36. The van der Waals surface area contributed by atoms with E-state index in [9.17, 15) is 22.7 Å². The maximum atomic E-state index is 13.1. The number of nitrogens with one attached hydrogen (secondary N) is 1. The summed E-state index contributed by atoms with van der Waals surface area (Å²) in [6, 6.07) is 0.0899. The molecule has 0 saturated heterocycles. The SMILES string of the molecule is CCNCC(O)COc1c(F)c(F)cc(F)c1F. The Morgan fingerprint density at radius 1 is 1.22 bits per heavy atom. The highest BCUT2D eigenvalue weighted by Crippen LogP contribution is 2.26. The zero-order chi connectivity index (χ0) is 13.7. The summed E-state index contributed by atoms with van der Waals surface area (Å²) < 4.78 is 56.5. The Balaban J connectivity index is 2.73. The van der Waals surface area contributed by atoms with E-state index in [0.29, 0.717) is 6.54 Å². The number of halogens is 4. The van der Waals surface area contributed by atoms with E-state index in [2.05, 4.69) is 10.1 Å². The van der Waals surface area contributed by atoms with Gasteiger partial charge in [0.2, 0.25) is 11.6 Å². The molecule has 7 heteroatoms. The summed E-state index contributed by atoms with van der Waals surface area (Å²) in [4.78, 5) is 0. The highest BCUT2D eigenvalue weighted by atomic mass is 19.2. The largest absolute Gasteiger partial charge is 0.485 e. The summed E-state index contributed by atoms with van der Waals surface area (Å²) >= 11 is 0. The number of rotatable bonds is 6. The normalized spacial score (nSPS) is 12.6. The fraction of sp³-hybridized carbons (Fsp3) is 0.455. The van der Waals surface area contributed by atoms with Crippen LogP contribution in [0.4, 0.5) is 17.6 Å². The maximum absolute atomic E-state index is 13.1. The molecule has 18 heavy (non-hydrogen) atoms. The number of hydrogen-bond donors (Lipinski definition) is 2. The lowest BCUT2D eigenvalue weighted by atomic mass is 10.3. The molecule has 0 saturated carbocycles. The highest BCUT2D eigenvalue weighted by Gasteiger charge is 2.21. The van der Waals surface area contributed by atoms with E-state index in [-0.39, 0.29) is 12.6 Å². The number of aliphatic hydroxyl groups excluding tert-OH is 1. The standard InChI is InChI=1S/C11H13F4NO2/c1-2-16-4-6(17)5-18-11-9(14)7(12)3-8(13)10(11)15/h3,6,16-17H,2,4-5H2,1H3. The van der Waals surface area contributed by atoms with Gasteiger partial charge in [-0.3, -0.25) is 0 Å². The second-order valence-electron chi connectivity index (χ2n) is 3.57. The Hall–Kier alpha value is -1.34. The molecule has 1 aromatic carbocycles. The molecule has 0 heterocycles. The van der Waals surface area contributed by atoms with Crippen LogP contribution in [0.2, 0.25) is 0 Å². The van der Waals surface area contributed by atoms with Crippen LogP contribution < -0.4 is 10.1 Å². The molecule has 0 spiro atoms. The van der Waals surface area contributed by atoms with Crippen LogP contribution in [0.15, 0.2) is 6.07 Å². The molecule has 0 fully saturated rings. The Labute approximate surface area is 101 Å². The van der Waals surface area contributed by atoms with Crippen LogP contribution in [0.25, 0.3) is 0 Å². The first-order valence-corrected chi connectivity index (χ1v) is 5.31. The van der Waals surface area contributed by atoms with Gasteiger partial charge in [-0.25, -0.2) is 8.78 Å². The van der Waals surface area contributed by atoms with Gasteiger partial charge in [-0.1, -0.05) is 6.92 Å². The Morgan fingerprint density at radius 2 is 1.78 bits per heavy atom. The summed E-state index contributed by atoms with van der Waals surface area (Å²) in [5, 5.41) is 12.1. The monoisotopic (exact) mass is 267 g/mol. The topological polar surface area (TPSA) is 41.5 Å². The van der Waals surface area contributed by atoms with Gasteiger partial charge in [-0.05, 0) is 6.54 Å². The van der Waals surface area contributed by atoms with Crippen LogP contribution in [0.5, 0.6) is 5.75 Å². The third-order valence-electron chi connectivity index (χ3n) is 2.12. The summed E-state index contributed by atoms with van der Waals surface area (Å²) in [7, 11) is 0. The molecular formula is C11H13F4NO2. The van der Waals surface area contributed by atoms with E-state index in [1.807, 2.05) is 0 Å². The molecule has 0 aliphatic heterocycles. The molecule has 3 nitrogen and oxygen atoms in total. The Bertz CT molecular complexity index is 388. The minimum Gasteiger partial charge on any atom is -0.485 e. The van der Waals surface area contributed by atoms with Crippen LogP contribution in [0, 0.1) is 23.3 Å². The van der Waals surface area contributed by atoms with E-state index in [4.69, 9.17) is 0 Å². The quantitative estimate of drug-likeness (QED) is 0.607. The van der Waals surface area contributed by atoms with Gasteiger partial charge in [-0.15, -0.1) is 0 Å². The van der Waals surface area contributed by atoms with Gasteiger partial charge < -0.3 is 15.2 Å². The fourth-order valence-corrected chi connectivity index (χ4v) is 1.23. The second-order valence-corrected chi connectivity index (χ2v) is 3.57. The van der Waals surface area contributed by atoms with Gasteiger partial charge in [0.25, 0.3) is 0 Å². The average Bonchev–Trinajstić information content (AvgIpc) is 2.34. The first-order valence-electron chi connectivity index (χ1n) is 5.31. The first-order chi connectivity index (χ1) is 8.47. The van der Waals surface area contributed by atoms with Crippen molar-refractivity contribution in [3.8, 4) is 5.75 Å². The average molecular weight is 267 g/mol. The van der Waals surface area contributed by atoms with Crippen molar-refractivity contribution < 1.29 is 27.4 Å². The lowest BCUT2D eigenvalue weighted by Gasteiger charge is -2.13. The van der Waals surface area contributed by atoms with Gasteiger partial charge in [0.1, 0.15) is 12.7 Å². The molecule has 1 rings (SSSR count). The van der Waals surface area contributed by atoms with Gasteiger partial charge in [0.15, 0.2) is 17.4 Å². The summed E-state index contributed by atoms with van der Waals surface area (Å²) in [6.07, 6.45) is -1.05. The van der Waals surface area contributed by atoms with Crippen molar-refractivity contribution >= 4 is 0 Å². The third-order valence-corrected chi connectivity index (χ3v) is 2.12. The summed E-state index contributed by atoms with van der Waals surface area (Å²) in [5.74, 6) is -7.51. The number of benzene rings is 1. The van der Waals surface area contributed by atoms with E-state index >= 15 is 0 Å². The maximum Gasteiger partial charge on any atom is 0.203 e. The van der Waals surface area contributed by atoms with Crippen LogP contribution in [-0.2, 0) is 0 Å². The van der Waals surface area contributed by atoms with Crippen LogP contribution >= 0.6 is 0 Å². The Morgan fingerprint density at radius 3 is 2.28 bits per heavy atom. The third kappa shape index (κ3) is 3.58. The van der Waals surface area contributed by atoms with E-state index in [0.717, 1.165) is 0 Å². The van der Waals surface area contributed by atoms with Crippen molar-refractivity contribution in [3.05, 3.63) is 29.3 Å². The lowest BCUT2D eigenvalue weighted by Crippen LogP contribution is -2.31. The molecule has 0 bridgehead atoms. The van der Waals surface area contributed by atoms with Crippen molar-refractivity contribution in [2.75, 3.05) is 19.7 Å². The number of aliphatic hydroxyl groups is 1. The first kappa shape index (κ1) is 14.7. The van der Waals surface area contributed by atoms with Gasteiger partial charge in [-0.2, -0.15) is 8.78 Å². The van der Waals surface area contributed by atoms with E-state index in [1.54, 1.807) is 6.92 Å². The molecule has 0 aromatic heterocycles. The predicted molar refractivity (Wildman–Crippen MR) is 56.3 cm³/mol. The minimum absolute atomic E-state index is 0.0899. The van der Waals surface area contributed by atoms with Crippen LogP contribution in [-0.4, -0.2) is 30.9 Å². The van der Waals surface area contributed by atoms with Crippen LogP contribution in [0.3, 0.4) is 0 Å². The lowest BCUT2D eigenvalue weighted by molar-refractivity contribution is 0.101. The van der Waals surface area contributed by atoms with Gasteiger partial charge >= 0.3 is 0 Å². The van der Waals surface area contributed by atoms with Gasteiger partial charge in [0, 0.05) is 12.6 Å². The highest BCUT2D eigenvalue weighted by molar-refractivity contribution is 5.28. The molecule has 1 unspecified atom stereocenters. The molecular weight excluding hydrogens is 254 g/mol. The smallest absolute Gasteiger partial charge is 0.203 e. The van der Waals surface area contributed by atoms with E-state index in [1.165, 1.54) is 0 Å². The van der Waals surface area contributed by atoms with Crippen molar-refractivity contribution in [3.63, 3.8) is 0 Å². The van der Waals surface area contributed by atoms with Crippen molar-refractivity contribution in [1.29, 1.82) is 0 Å². The molecule has 1 atom stereocenters. The molecule has 0 radical (unpaired) electrons. The second kappa shape index (κ2) is 6.55. The molecule has 1 aromatic rings. The van der Waals surface area contributed by atoms with Crippen molar-refractivity contribution in [2.45, 2.75) is 13.0 Å².